The number of rotatable bonds is 1. The Bertz CT molecular complexity index is 98.7. The van der Waals surface area contributed by atoms with Crippen molar-refractivity contribution >= 4 is 6.29 Å². The molecule has 1 radical (unpaired) electrons. The standard InChI is InChI=1S/C8H13O/c1-7-4-2-3-5-8(7)6-9/h7-8H,2-5H2,1H3. The molecule has 1 saturated carbocycles. The van der Waals surface area contributed by atoms with Gasteiger partial charge >= 0.3 is 0 Å². The highest BCUT2D eigenvalue weighted by Gasteiger charge is 2.20. The first-order chi connectivity index (χ1) is 4.34. The minimum Gasteiger partial charge on any atom is -0.291 e. The van der Waals surface area contributed by atoms with Gasteiger partial charge in [0.05, 0.1) is 0 Å². The maximum Gasteiger partial charge on any atom is 0.202 e. The molecule has 0 spiro atoms. The van der Waals surface area contributed by atoms with Crippen LogP contribution in [0.5, 0.6) is 0 Å². The molecule has 1 heteroatoms. The van der Waals surface area contributed by atoms with Gasteiger partial charge in [0.1, 0.15) is 0 Å². The van der Waals surface area contributed by atoms with Crippen molar-refractivity contribution in [2.75, 3.05) is 0 Å². The number of hydrogen-bond donors (Lipinski definition) is 0. The largest absolute Gasteiger partial charge is 0.291 e. The Morgan fingerprint density at radius 1 is 1.33 bits per heavy atom. The van der Waals surface area contributed by atoms with E-state index in [-0.39, 0.29) is 5.92 Å². The minimum absolute atomic E-state index is 0.249. The van der Waals surface area contributed by atoms with E-state index in [0.717, 1.165) is 6.42 Å². The normalized spacial score (nSPS) is 36.1. The van der Waals surface area contributed by atoms with E-state index in [1.807, 2.05) is 0 Å². The molecule has 0 aromatic heterocycles. The Morgan fingerprint density at radius 2 is 2.00 bits per heavy atom. The van der Waals surface area contributed by atoms with Crippen LogP contribution < -0.4 is 0 Å². The summed E-state index contributed by atoms with van der Waals surface area (Å²) in [4.78, 5) is 10.2. The third kappa shape index (κ3) is 1.54. The van der Waals surface area contributed by atoms with E-state index in [2.05, 4.69) is 13.2 Å². The van der Waals surface area contributed by atoms with E-state index >= 15 is 0 Å². The fraction of sp³-hybridized carbons (Fsp3) is 0.875. The summed E-state index contributed by atoms with van der Waals surface area (Å²) in [6, 6.07) is 0. The van der Waals surface area contributed by atoms with Crippen molar-refractivity contribution in [1.29, 1.82) is 0 Å². The van der Waals surface area contributed by atoms with Crippen LogP contribution in [0.4, 0.5) is 0 Å². The van der Waals surface area contributed by atoms with Gasteiger partial charge in [-0.2, -0.15) is 0 Å². The van der Waals surface area contributed by atoms with Crippen molar-refractivity contribution in [3.63, 3.8) is 0 Å². The Labute approximate surface area is 56.4 Å². The third-order valence-electron chi connectivity index (χ3n) is 2.26. The van der Waals surface area contributed by atoms with Crippen molar-refractivity contribution in [2.24, 2.45) is 11.8 Å². The van der Waals surface area contributed by atoms with Crippen LogP contribution in [-0.4, -0.2) is 6.29 Å². The number of carbonyl (C=O) groups excluding carboxylic acids is 1. The molecule has 0 saturated heterocycles. The molecule has 2 atom stereocenters. The molecule has 0 heterocycles. The van der Waals surface area contributed by atoms with Crippen molar-refractivity contribution in [3.05, 3.63) is 0 Å². The quantitative estimate of drug-likeness (QED) is 0.523. The lowest BCUT2D eigenvalue weighted by molar-refractivity contribution is 0.314. The van der Waals surface area contributed by atoms with E-state index < -0.39 is 0 Å². The second kappa shape index (κ2) is 3.00. The highest BCUT2D eigenvalue weighted by atomic mass is 16.1. The predicted octanol–water partition coefficient (Wildman–Crippen LogP) is 1.92. The van der Waals surface area contributed by atoms with E-state index in [1.165, 1.54) is 19.3 Å². The topological polar surface area (TPSA) is 17.1 Å². The smallest absolute Gasteiger partial charge is 0.202 e. The third-order valence-corrected chi connectivity index (χ3v) is 2.26. The van der Waals surface area contributed by atoms with Crippen molar-refractivity contribution < 1.29 is 4.79 Å². The van der Waals surface area contributed by atoms with Crippen LogP contribution in [0.3, 0.4) is 0 Å². The van der Waals surface area contributed by atoms with Gasteiger partial charge in [0.25, 0.3) is 0 Å². The number of hydrogen-bond acceptors (Lipinski definition) is 1. The zero-order chi connectivity index (χ0) is 6.69. The van der Waals surface area contributed by atoms with E-state index in [4.69, 9.17) is 0 Å². The van der Waals surface area contributed by atoms with Gasteiger partial charge in [-0.3, -0.25) is 4.79 Å². The predicted molar refractivity (Wildman–Crippen MR) is 36.8 cm³/mol. The van der Waals surface area contributed by atoms with Gasteiger partial charge in [0.2, 0.25) is 6.29 Å². The Morgan fingerprint density at radius 3 is 2.44 bits per heavy atom. The summed E-state index contributed by atoms with van der Waals surface area (Å²) >= 11 is 0. The van der Waals surface area contributed by atoms with E-state index in [9.17, 15) is 4.79 Å². The van der Waals surface area contributed by atoms with Gasteiger partial charge in [0.15, 0.2) is 0 Å². The molecular weight excluding hydrogens is 112 g/mol. The highest BCUT2D eigenvalue weighted by Crippen LogP contribution is 2.27. The molecule has 1 fully saturated rings. The molecular formula is C8H13O. The molecule has 0 N–H and O–H groups in total. The zero-order valence-electron chi connectivity index (χ0n) is 5.89. The minimum atomic E-state index is 0.249. The lowest BCUT2D eigenvalue weighted by atomic mass is 9.81. The Hall–Kier alpha value is -0.330. The Balaban J connectivity index is 2.38. The summed E-state index contributed by atoms with van der Waals surface area (Å²) in [7, 11) is 0. The molecule has 2 unspecified atom stereocenters. The molecule has 1 aliphatic rings. The molecule has 0 amide bonds. The van der Waals surface area contributed by atoms with Gasteiger partial charge in [-0.1, -0.05) is 26.2 Å². The van der Waals surface area contributed by atoms with Gasteiger partial charge in [0, 0.05) is 5.92 Å². The average Bonchev–Trinajstić information content (AvgIpc) is 1.89. The van der Waals surface area contributed by atoms with Crippen LogP contribution >= 0.6 is 0 Å². The van der Waals surface area contributed by atoms with Gasteiger partial charge in [-0.15, -0.1) is 0 Å². The molecule has 0 aromatic rings. The van der Waals surface area contributed by atoms with E-state index in [0.29, 0.717) is 5.92 Å². The average molecular weight is 125 g/mol. The molecule has 0 aromatic carbocycles. The SMILES string of the molecule is CC1CCCCC1[C]=O. The van der Waals surface area contributed by atoms with Gasteiger partial charge in [-0.25, -0.2) is 0 Å². The zero-order valence-corrected chi connectivity index (χ0v) is 5.89. The van der Waals surface area contributed by atoms with Crippen LogP contribution in [0.15, 0.2) is 0 Å². The molecule has 0 bridgehead atoms. The summed E-state index contributed by atoms with van der Waals surface area (Å²) in [6.07, 6.45) is 6.93. The first-order valence-corrected chi connectivity index (χ1v) is 3.72. The van der Waals surface area contributed by atoms with Crippen molar-refractivity contribution in [1.82, 2.24) is 0 Å². The maximum absolute atomic E-state index is 10.2. The molecule has 1 nitrogen and oxygen atoms in total. The van der Waals surface area contributed by atoms with Crippen LogP contribution in [0.2, 0.25) is 0 Å². The van der Waals surface area contributed by atoms with Crippen LogP contribution in [0.1, 0.15) is 32.6 Å². The summed E-state index contributed by atoms with van der Waals surface area (Å²) < 4.78 is 0. The Kier molecular flexibility index (Phi) is 2.26. The summed E-state index contributed by atoms with van der Waals surface area (Å²) in [5, 5.41) is 0. The van der Waals surface area contributed by atoms with Crippen LogP contribution in [-0.2, 0) is 4.79 Å². The van der Waals surface area contributed by atoms with Gasteiger partial charge < -0.3 is 0 Å². The monoisotopic (exact) mass is 125 g/mol. The highest BCUT2D eigenvalue weighted by molar-refractivity contribution is 5.55. The second-order valence-electron chi connectivity index (χ2n) is 2.99. The van der Waals surface area contributed by atoms with Crippen LogP contribution in [0.25, 0.3) is 0 Å². The second-order valence-corrected chi connectivity index (χ2v) is 2.99. The molecule has 1 aliphatic carbocycles. The fourth-order valence-electron chi connectivity index (χ4n) is 1.49. The first kappa shape index (κ1) is 6.79. The van der Waals surface area contributed by atoms with Crippen molar-refractivity contribution in [3.8, 4) is 0 Å². The molecule has 51 valence electrons. The maximum atomic E-state index is 10.2. The van der Waals surface area contributed by atoms with Gasteiger partial charge in [-0.05, 0) is 12.3 Å². The van der Waals surface area contributed by atoms with Crippen molar-refractivity contribution in [2.45, 2.75) is 32.6 Å². The lowest BCUT2D eigenvalue weighted by Crippen LogP contribution is -2.17. The fourth-order valence-corrected chi connectivity index (χ4v) is 1.49. The summed E-state index contributed by atoms with van der Waals surface area (Å²) in [5.74, 6) is 0.843. The molecule has 1 rings (SSSR count). The first-order valence-electron chi connectivity index (χ1n) is 3.72. The molecule has 0 aliphatic heterocycles. The summed E-state index contributed by atoms with van der Waals surface area (Å²) in [6.45, 7) is 2.15. The lowest BCUT2D eigenvalue weighted by Gasteiger charge is -2.22. The van der Waals surface area contributed by atoms with Crippen LogP contribution in [0, 0.1) is 11.8 Å². The molecule has 9 heavy (non-hydrogen) atoms. The van der Waals surface area contributed by atoms with E-state index in [1.54, 1.807) is 0 Å². The summed E-state index contributed by atoms with van der Waals surface area (Å²) in [5.41, 5.74) is 0.